The smallest absolute Gasteiger partial charge is 0.260 e. The molecule has 0 aromatic heterocycles. The van der Waals surface area contributed by atoms with Crippen LogP contribution in [0.5, 0.6) is 17.2 Å². The molecular weight excluding hydrogens is 330 g/mol. The Kier molecular flexibility index (Phi) is 5.11. The van der Waals surface area contributed by atoms with Crippen molar-refractivity contribution >= 4 is 17.5 Å². The maximum atomic E-state index is 12.1. The molecule has 24 heavy (non-hydrogen) atoms. The van der Waals surface area contributed by atoms with Crippen molar-refractivity contribution in [3.8, 4) is 17.2 Å². The quantitative estimate of drug-likeness (QED) is 0.903. The standard InChI is InChI=1S/C18H18ClNO4/c1-12(23-14-8-6-13(19)7-9-14)18(21)20-10-15-11-22-16-4-2-3-5-17(16)24-15/h2-9,12,15H,10-11H2,1H3,(H,20,21). The first-order valence-corrected chi connectivity index (χ1v) is 8.08. The molecule has 2 atom stereocenters. The molecule has 5 nitrogen and oxygen atoms in total. The fourth-order valence-corrected chi connectivity index (χ4v) is 2.42. The Morgan fingerprint density at radius 1 is 1.25 bits per heavy atom. The van der Waals surface area contributed by atoms with Gasteiger partial charge in [0.15, 0.2) is 17.6 Å². The van der Waals surface area contributed by atoms with Crippen LogP contribution < -0.4 is 19.5 Å². The topological polar surface area (TPSA) is 56.8 Å². The van der Waals surface area contributed by atoms with Crippen molar-refractivity contribution in [3.63, 3.8) is 0 Å². The second-order valence-corrected chi connectivity index (χ2v) is 5.89. The van der Waals surface area contributed by atoms with E-state index in [1.54, 1.807) is 31.2 Å². The molecule has 1 heterocycles. The van der Waals surface area contributed by atoms with Crippen molar-refractivity contribution in [2.45, 2.75) is 19.1 Å². The van der Waals surface area contributed by atoms with Gasteiger partial charge in [0.05, 0.1) is 6.54 Å². The molecule has 0 radical (unpaired) electrons. The van der Waals surface area contributed by atoms with Crippen LogP contribution in [0.2, 0.25) is 5.02 Å². The van der Waals surface area contributed by atoms with Gasteiger partial charge >= 0.3 is 0 Å². The maximum absolute atomic E-state index is 12.1. The molecule has 2 aromatic carbocycles. The number of para-hydroxylation sites is 2. The van der Waals surface area contributed by atoms with Crippen molar-refractivity contribution in [2.24, 2.45) is 0 Å². The zero-order chi connectivity index (χ0) is 16.9. The second kappa shape index (κ2) is 7.45. The molecule has 0 saturated heterocycles. The second-order valence-electron chi connectivity index (χ2n) is 5.46. The zero-order valence-corrected chi connectivity index (χ0v) is 14.0. The molecule has 126 valence electrons. The van der Waals surface area contributed by atoms with Crippen LogP contribution in [0, 0.1) is 0 Å². The number of nitrogens with one attached hydrogen (secondary N) is 1. The van der Waals surface area contributed by atoms with Gasteiger partial charge in [-0.3, -0.25) is 4.79 Å². The third-order valence-electron chi connectivity index (χ3n) is 3.57. The highest BCUT2D eigenvalue weighted by atomic mass is 35.5. The van der Waals surface area contributed by atoms with E-state index >= 15 is 0 Å². The van der Waals surface area contributed by atoms with Gasteiger partial charge in [0.1, 0.15) is 18.5 Å². The Morgan fingerprint density at radius 3 is 2.71 bits per heavy atom. The first-order valence-electron chi connectivity index (χ1n) is 7.70. The van der Waals surface area contributed by atoms with Crippen molar-refractivity contribution in [3.05, 3.63) is 53.6 Å². The van der Waals surface area contributed by atoms with Crippen molar-refractivity contribution in [1.82, 2.24) is 5.32 Å². The number of carbonyl (C=O) groups is 1. The number of rotatable bonds is 5. The summed E-state index contributed by atoms with van der Waals surface area (Å²) in [6.07, 6.45) is -0.852. The number of ether oxygens (including phenoxy) is 3. The minimum Gasteiger partial charge on any atom is -0.486 e. The Balaban J connectivity index is 1.48. The Morgan fingerprint density at radius 2 is 1.96 bits per heavy atom. The Hall–Kier alpha value is -2.40. The normalized spacial score (nSPS) is 17.0. The summed E-state index contributed by atoms with van der Waals surface area (Å²) in [5.41, 5.74) is 0. The molecule has 0 spiro atoms. The van der Waals surface area contributed by atoms with Crippen LogP contribution in [-0.2, 0) is 4.79 Å². The number of halogens is 1. The third kappa shape index (κ3) is 4.11. The van der Waals surface area contributed by atoms with Crippen LogP contribution in [0.1, 0.15) is 6.92 Å². The zero-order valence-electron chi connectivity index (χ0n) is 13.2. The molecule has 1 N–H and O–H groups in total. The van der Waals surface area contributed by atoms with Gasteiger partial charge in [-0.15, -0.1) is 0 Å². The molecule has 6 heteroatoms. The molecule has 0 bridgehead atoms. The van der Waals surface area contributed by atoms with Crippen molar-refractivity contribution < 1.29 is 19.0 Å². The lowest BCUT2D eigenvalue weighted by Crippen LogP contribution is -2.44. The number of amides is 1. The molecule has 0 aliphatic carbocycles. The van der Waals surface area contributed by atoms with Crippen LogP contribution in [0.15, 0.2) is 48.5 Å². The SMILES string of the molecule is CC(Oc1ccc(Cl)cc1)C(=O)NCC1COc2ccccc2O1. The van der Waals surface area contributed by atoms with Gasteiger partial charge in [-0.2, -0.15) is 0 Å². The molecule has 1 aliphatic rings. The van der Waals surface area contributed by atoms with Gasteiger partial charge in [0, 0.05) is 5.02 Å². The molecule has 0 saturated carbocycles. The van der Waals surface area contributed by atoms with E-state index in [1.807, 2.05) is 24.3 Å². The van der Waals surface area contributed by atoms with Gasteiger partial charge in [-0.1, -0.05) is 23.7 Å². The fourth-order valence-electron chi connectivity index (χ4n) is 2.29. The van der Waals surface area contributed by atoms with Gasteiger partial charge in [-0.25, -0.2) is 0 Å². The summed E-state index contributed by atoms with van der Waals surface area (Å²) in [5.74, 6) is 1.79. The van der Waals surface area contributed by atoms with Crippen molar-refractivity contribution in [2.75, 3.05) is 13.2 Å². The Labute approximate surface area is 145 Å². The van der Waals surface area contributed by atoms with Crippen LogP contribution in [0.25, 0.3) is 0 Å². The van der Waals surface area contributed by atoms with Crippen LogP contribution >= 0.6 is 11.6 Å². The average Bonchev–Trinajstić information content (AvgIpc) is 2.61. The lowest BCUT2D eigenvalue weighted by atomic mass is 10.2. The molecule has 3 rings (SSSR count). The summed E-state index contributed by atoms with van der Waals surface area (Å²) < 4.78 is 17.0. The van der Waals surface area contributed by atoms with E-state index in [2.05, 4.69) is 5.32 Å². The lowest BCUT2D eigenvalue weighted by Gasteiger charge is -2.27. The van der Waals surface area contributed by atoms with E-state index < -0.39 is 6.10 Å². The molecule has 1 amide bonds. The number of benzene rings is 2. The summed E-state index contributed by atoms with van der Waals surface area (Å²) in [6.45, 7) is 2.43. The summed E-state index contributed by atoms with van der Waals surface area (Å²) in [6, 6.07) is 14.3. The number of fused-ring (bicyclic) bond motifs is 1. The predicted molar refractivity (Wildman–Crippen MR) is 90.9 cm³/mol. The van der Waals surface area contributed by atoms with Gasteiger partial charge in [0.25, 0.3) is 5.91 Å². The van der Waals surface area contributed by atoms with Crippen LogP contribution in [0.3, 0.4) is 0 Å². The fraction of sp³-hybridized carbons (Fsp3) is 0.278. The van der Waals surface area contributed by atoms with E-state index in [-0.39, 0.29) is 12.0 Å². The minimum atomic E-state index is -0.622. The molecule has 2 aromatic rings. The molecule has 0 fully saturated rings. The third-order valence-corrected chi connectivity index (χ3v) is 3.82. The highest BCUT2D eigenvalue weighted by Gasteiger charge is 2.22. The van der Waals surface area contributed by atoms with Crippen molar-refractivity contribution in [1.29, 1.82) is 0 Å². The molecule has 1 aliphatic heterocycles. The highest BCUT2D eigenvalue weighted by Crippen LogP contribution is 2.30. The van der Waals surface area contributed by atoms with Gasteiger partial charge in [0.2, 0.25) is 0 Å². The first kappa shape index (κ1) is 16.5. The predicted octanol–water partition coefficient (Wildman–Crippen LogP) is 3.06. The van der Waals surface area contributed by atoms with E-state index in [9.17, 15) is 4.79 Å². The lowest BCUT2D eigenvalue weighted by molar-refractivity contribution is -0.127. The summed E-state index contributed by atoms with van der Waals surface area (Å²) in [7, 11) is 0. The monoisotopic (exact) mass is 347 g/mol. The highest BCUT2D eigenvalue weighted by molar-refractivity contribution is 6.30. The van der Waals surface area contributed by atoms with E-state index in [1.165, 1.54) is 0 Å². The van der Waals surface area contributed by atoms with E-state index in [0.29, 0.717) is 29.7 Å². The Bertz CT molecular complexity index is 704. The summed E-state index contributed by atoms with van der Waals surface area (Å²) >= 11 is 5.82. The number of hydrogen-bond acceptors (Lipinski definition) is 4. The number of hydrogen-bond donors (Lipinski definition) is 1. The van der Waals surface area contributed by atoms with E-state index in [0.717, 1.165) is 5.75 Å². The average molecular weight is 348 g/mol. The van der Waals surface area contributed by atoms with Gasteiger partial charge in [-0.05, 0) is 43.3 Å². The number of carbonyl (C=O) groups excluding carboxylic acids is 1. The van der Waals surface area contributed by atoms with Crippen LogP contribution in [0.4, 0.5) is 0 Å². The maximum Gasteiger partial charge on any atom is 0.260 e. The van der Waals surface area contributed by atoms with Gasteiger partial charge < -0.3 is 19.5 Å². The minimum absolute atomic E-state index is 0.215. The largest absolute Gasteiger partial charge is 0.486 e. The molecular formula is C18H18ClNO4. The molecule has 2 unspecified atom stereocenters. The van der Waals surface area contributed by atoms with E-state index in [4.69, 9.17) is 25.8 Å². The summed E-state index contributed by atoms with van der Waals surface area (Å²) in [4.78, 5) is 12.1. The first-order chi connectivity index (χ1) is 11.6. The summed E-state index contributed by atoms with van der Waals surface area (Å²) in [5, 5.41) is 3.44. The van der Waals surface area contributed by atoms with Crippen LogP contribution in [-0.4, -0.2) is 31.3 Å².